The Morgan fingerprint density at radius 3 is 2.30 bits per heavy atom. The largest absolute Gasteiger partial charge is 0.289 e. The number of Topliss-reactive ketones (excluding diaryl/α,β-unsaturated/α-hetero) is 1. The molecule has 4 rings (SSSR count). The lowest BCUT2D eigenvalue weighted by Crippen LogP contribution is -2.02. The van der Waals surface area contributed by atoms with Crippen LogP contribution >= 0.6 is 0 Å². The summed E-state index contributed by atoms with van der Waals surface area (Å²) in [6.45, 7) is 0. The van der Waals surface area contributed by atoms with Gasteiger partial charge in [0.1, 0.15) is 0 Å². The summed E-state index contributed by atoms with van der Waals surface area (Å²) in [4.78, 5) is 16.9. The van der Waals surface area contributed by atoms with Gasteiger partial charge in [0, 0.05) is 29.4 Å². The van der Waals surface area contributed by atoms with Crippen molar-refractivity contribution < 1.29 is 4.79 Å². The van der Waals surface area contributed by atoms with E-state index in [2.05, 4.69) is 23.2 Å². The number of ketones is 1. The van der Waals surface area contributed by atoms with Crippen molar-refractivity contribution >= 4 is 11.9 Å². The lowest BCUT2D eigenvalue weighted by Gasteiger charge is -2.13. The summed E-state index contributed by atoms with van der Waals surface area (Å²) in [5.41, 5.74) is 4.86. The second-order valence-electron chi connectivity index (χ2n) is 5.64. The summed E-state index contributed by atoms with van der Waals surface area (Å²) < 4.78 is 0. The van der Waals surface area contributed by atoms with Crippen LogP contribution in [-0.2, 0) is 0 Å². The van der Waals surface area contributed by atoms with Crippen molar-refractivity contribution in [3.63, 3.8) is 0 Å². The molecule has 0 radical (unpaired) electrons. The number of hydrogen-bond acceptors (Lipinski definition) is 2. The molecule has 0 fully saturated rings. The van der Waals surface area contributed by atoms with Crippen molar-refractivity contribution in [2.75, 3.05) is 0 Å². The van der Waals surface area contributed by atoms with E-state index in [9.17, 15) is 4.79 Å². The lowest BCUT2D eigenvalue weighted by atomic mass is 9.89. The number of allylic oxidation sites excluding steroid dienone is 1. The van der Waals surface area contributed by atoms with E-state index in [1.54, 1.807) is 12.4 Å². The molecule has 0 amide bonds. The fourth-order valence-corrected chi connectivity index (χ4v) is 3.20. The molecular formula is C21H15NO. The second-order valence-corrected chi connectivity index (χ2v) is 5.64. The van der Waals surface area contributed by atoms with Gasteiger partial charge in [0.2, 0.25) is 0 Å². The SMILES string of the molecule is O=C1/C(=C\c2ccncc2)C(c2ccccc2)c2ccccc21. The smallest absolute Gasteiger partial charge is 0.190 e. The molecule has 1 aromatic heterocycles. The molecule has 2 nitrogen and oxygen atoms in total. The highest BCUT2D eigenvalue weighted by Gasteiger charge is 2.34. The molecular weight excluding hydrogens is 282 g/mol. The molecule has 0 N–H and O–H groups in total. The number of hydrogen-bond donors (Lipinski definition) is 0. The molecule has 3 aromatic rings. The maximum Gasteiger partial charge on any atom is 0.190 e. The van der Waals surface area contributed by atoms with Crippen molar-refractivity contribution in [2.45, 2.75) is 5.92 Å². The van der Waals surface area contributed by atoms with Gasteiger partial charge in [-0.25, -0.2) is 0 Å². The molecule has 0 spiro atoms. The quantitative estimate of drug-likeness (QED) is 0.652. The Morgan fingerprint density at radius 1 is 0.826 bits per heavy atom. The van der Waals surface area contributed by atoms with Gasteiger partial charge < -0.3 is 0 Å². The van der Waals surface area contributed by atoms with E-state index in [1.807, 2.05) is 54.6 Å². The van der Waals surface area contributed by atoms with Crippen molar-refractivity contribution in [1.82, 2.24) is 4.98 Å². The third-order valence-electron chi connectivity index (χ3n) is 4.25. The van der Waals surface area contributed by atoms with Gasteiger partial charge in [0.25, 0.3) is 0 Å². The first kappa shape index (κ1) is 13.6. The predicted octanol–water partition coefficient (Wildman–Crippen LogP) is 4.49. The van der Waals surface area contributed by atoms with Gasteiger partial charge in [-0.2, -0.15) is 0 Å². The summed E-state index contributed by atoms with van der Waals surface area (Å²) in [5.74, 6) is 0.110. The summed E-state index contributed by atoms with van der Waals surface area (Å²) in [6.07, 6.45) is 5.48. The van der Waals surface area contributed by atoms with Crippen LogP contribution in [0.1, 0.15) is 33.0 Å². The Morgan fingerprint density at radius 2 is 1.52 bits per heavy atom. The highest BCUT2D eigenvalue weighted by atomic mass is 16.1. The average molecular weight is 297 g/mol. The fourth-order valence-electron chi connectivity index (χ4n) is 3.20. The molecule has 2 heteroatoms. The first-order valence-corrected chi connectivity index (χ1v) is 7.65. The van der Waals surface area contributed by atoms with E-state index in [1.165, 1.54) is 0 Å². The highest BCUT2D eigenvalue weighted by Crippen LogP contribution is 2.42. The lowest BCUT2D eigenvalue weighted by molar-refractivity contribution is 0.103. The second kappa shape index (κ2) is 5.65. The fraction of sp³-hybridized carbons (Fsp3) is 0.0476. The summed E-state index contributed by atoms with van der Waals surface area (Å²) >= 11 is 0. The first-order valence-electron chi connectivity index (χ1n) is 7.65. The Bertz CT molecular complexity index is 882. The summed E-state index contributed by atoms with van der Waals surface area (Å²) in [6, 6.07) is 21.9. The Labute approximate surface area is 135 Å². The topological polar surface area (TPSA) is 30.0 Å². The van der Waals surface area contributed by atoms with Crippen LogP contribution in [-0.4, -0.2) is 10.8 Å². The maximum absolute atomic E-state index is 12.9. The molecule has 1 heterocycles. The van der Waals surface area contributed by atoms with Crippen LogP contribution in [0.2, 0.25) is 0 Å². The van der Waals surface area contributed by atoms with Gasteiger partial charge in [0.15, 0.2) is 5.78 Å². The molecule has 0 saturated heterocycles. The predicted molar refractivity (Wildman–Crippen MR) is 91.3 cm³/mol. The zero-order valence-corrected chi connectivity index (χ0v) is 12.5. The van der Waals surface area contributed by atoms with Crippen LogP contribution in [0.4, 0.5) is 0 Å². The molecule has 1 atom stereocenters. The van der Waals surface area contributed by atoms with Crippen molar-refractivity contribution in [1.29, 1.82) is 0 Å². The number of fused-ring (bicyclic) bond motifs is 1. The molecule has 0 aliphatic heterocycles. The van der Waals surface area contributed by atoms with E-state index in [4.69, 9.17) is 0 Å². The zero-order chi connectivity index (χ0) is 15.6. The number of pyridine rings is 1. The number of rotatable bonds is 2. The standard InChI is InChI=1S/C21H15NO/c23-21-18-9-5-4-8-17(18)20(16-6-2-1-3-7-16)19(21)14-15-10-12-22-13-11-15/h1-14,20H/b19-14-. The van der Waals surface area contributed by atoms with Gasteiger partial charge in [0.05, 0.1) is 0 Å². The highest BCUT2D eigenvalue weighted by molar-refractivity contribution is 6.17. The van der Waals surface area contributed by atoms with E-state index >= 15 is 0 Å². The molecule has 0 bridgehead atoms. The van der Waals surface area contributed by atoms with Crippen LogP contribution in [0.15, 0.2) is 84.7 Å². The van der Waals surface area contributed by atoms with Crippen LogP contribution in [0, 0.1) is 0 Å². The molecule has 1 aliphatic rings. The Kier molecular flexibility index (Phi) is 3.35. The number of nitrogens with zero attached hydrogens (tertiary/aromatic N) is 1. The van der Waals surface area contributed by atoms with Crippen molar-refractivity contribution in [3.8, 4) is 0 Å². The minimum Gasteiger partial charge on any atom is -0.289 e. The van der Waals surface area contributed by atoms with Gasteiger partial charge in [-0.3, -0.25) is 9.78 Å². The van der Waals surface area contributed by atoms with E-state index in [0.717, 1.165) is 27.8 Å². The van der Waals surface area contributed by atoms with Gasteiger partial charge in [-0.1, -0.05) is 54.6 Å². The number of carbonyl (C=O) groups is 1. The monoisotopic (exact) mass is 297 g/mol. The summed E-state index contributed by atoms with van der Waals surface area (Å²) in [5, 5.41) is 0. The van der Waals surface area contributed by atoms with Crippen molar-refractivity contribution in [2.24, 2.45) is 0 Å². The van der Waals surface area contributed by atoms with E-state index < -0.39 is 0 Å². The van der Waals surface area contributed by atoms with E-state index in [0.29, 0.717) is 0 Å². The zero-order valence-electron chi connectivity index (χ0n) is 12.5. The van der Waals surface area contributed by atoms with Crippen LogP contribution in [0.3, 0.4) is 0 Å². The normalized spacial score (nSPS) is 18.2. The van der Waals surface area contributed by atoms with Crippen molar-refractivity contribution in [3.05, 3.63) is 107 Å². The minimum atomic E-state index is -0.00642. The van der Waals surface area contributed by atoms with Gasteiger partial charge in [-0.05, 0) is 34.9 Å². The van der Waals surface area contributed by atoms with Crippen LogP contribution < -0.4 is 0 Å². The molecule has 0 saturated carbocycles. The third kappa shape index (κ3) is 2.38. The number of carbonyl (C=O) groups excluding carboxylic acids is 1. The molecule has 110 valence electrons. The number of aromatic nitrogens is 1. The van der Waals surface area contributed by atoms with Crippen LogP contribution in [0.25, 0.3) is 6.08 Å². The third-order valence-corrected chi connectivity index (χ3v) is 4.25. The minimum absolute atomic E-state index is 0.00642. The van der Waals surface area contributed by atoms with Gasteiger partial charge >= 0.3 is 0 Å². The first-order chi connectivity index (χ1) is 11.3. The summed E-state index contributed by atoms with van der Waals surface area (Å²) in [7, 11) is 0. The molecule has 2 aromatic carbocycles. The molecule has 1 aliphatic carbocycles. The number of benzene rings is 2. The maximum atomic E-state index is 12.9. The van der Waals surface area contributed by atoms with Crippen LogP contribution in [0.5, 0.6) is 0 Å². The van der Waals surface area contributed by atoms with Gasteiger partial charge in [-0.15, -0.1) is 0 Å². The average Bonchev–Trinajstić information content (AvgIpc) is 2.89. The Balaban J connectivity index is 1.91. The van der Waals surface area contributed by atoms with E-state index in [-0.39, 0.29) is 11.7 Å². The molecule has 23 heavy (non-hydrogen) atoms. The molecule has 1 unspecified atom stereocenters. The Hall–Kier alpha value is -3.00.